The molecule has 0 aliphatic rings. The number of carbonyl (C=O) groups is 1. The molecular formula is C18H18ClN3O2S. The van der Waals surface area contributed by atoms with Gasteiger partial charge in [-0.15, -0.1) is 11.3 Å². The average molecular weight is 376 g/mol. The Kier molecular flexibility index (Phi) is 5.83. The van der Waals surface area contributed by atoms with Crippen LogP contribution in [0.1, 0.15) is 34.0 Å². The first-order chi connectivity index (χ1) is 12.1. The number of thiazole rings is 1. The summed E-state index contributed by atoms with van der Waals surface area (Å²) in [7, 11) is 0. The Morgan fingerprint density at radius 2 is 2.20 bits per heavy atom. The second-order valence-corrected chi connectivity index (χ2v) is 7.06. The smallest absolute Gasteiger partial charge is 0.273 e. The number of nitrogens with zero attached hydrogens (tertiary/aromatic N) is 2. The largest absolute Gasteiger partial charge is 0.355 e. The fourth-order valence-electron chi connectivity index (χ4n) is 2.37. The zero-order chi connectivity index (χ0) is 17.6. The summed E-state index contributed by atoms with van der Waals surface area (Å²) in [5.41, 5.74) is 2.12. The van der Waals surface area contributed by atoms with E-state index in [9.17, 15) is 4.79 Å². The normalized spacial score (nSPS) is 10.8. The van der Waals surface area contributed by atoms with Crippen LogP contribution in [0.3, 0.4) is 0 Å². The molecule has 3 aromatic rings. The van der Waals surface area contributed by atoms with E-state index in [1.54, 1.807) is 29.5 Å². The Labute approximate surface area is 155 Å². The molecule has 25 heavy (non-hydrogen) atoms. The first-order valence-corrected chi connectivity index (χ1v) is 9.29. The lowest BCUT2D eigenvalue weighted by Gasteiger charge is -2.01. The minimum atomic E-state index is -0.234. The summed E-state index contributed by atoms with van der Waals surface area (Å²) in [5, 5.41) is 10.5. The van der Waals surface area contributed by atoms with Crippen molar-refractivity contribution in [2.24, 2.45) is 0 Å². The van der Waals surface area contributed by atoms with Crippen LogP contribution in [-0.2, 0) is 6.42 Å². The summed E-state index contributed by atoms with van der Waals surface area (Å²) in [4.78, 5) is 16.6. The minimum Gasteiger partial charge on any atom is -0.355 e. The number of halogens is 1. The number of carbonyl (C=O) groups excluding carboxylic acids is 1. The Morgan fingerprint density at radius 3 is 2.96 bits per heavy atom. The van der Waals surface area contributed by atoms with Gasteiger partial charge in [0, 0.05) is 34.3 Å². The molecule has 130 valence electrons. The van der Waals surface area contributed by atoms with E-state index in [0.29, 0.717) is 17.3 Å². The highest BCUT2D eigenvalue weighted by atomic mass is 35.5. The average Bonchev–Trinajstić information content (AvgIpc) is 3.24. The van der Waals surface area contributed by atoms with Gasteiger partial charge in [0.15, 0.2) is 11.5 Å². The molecule has 0 aliphatic heterocycles. The van der Waals surface area contributed by atoms with Gasteiger partial charge in [0.05, 0.1) is 5.01 Å². The van der Waals surface area contributed by atoms with Crippen molar-refractivity contribution in [2.45, 2.75) is 26.2 Å². The fourth-order valence-corrected chi connectivity index (χ4v) is 3.38. The van der Waals surface area contributed by atoms with Gasteiger partial charge in [0.1, 0.15) is 0 Å². The van der Waals surface area contributed by atoms with Crippen molar-refractivity contribution in [1.82, 2.24) is 15.5 Å². The second-order valence-electron chi connectivity index (χ2n) is 5.68. The molecular weight excluding hydrogens is 358 g/mol. The molecule has 2 heterocycles. The molecule has 0 bridgehead atoms. The number of unbranched alkanes of at least 4 members (excludes halogenated alkanes) is 1. The van der Waals surface area contributed by atoms with Crippen molar-refractivity contribution in [2.75, 3.05) is 6.54 Å². The maximum absolute atomic E-state index is 12.1. The SMILES string of the molecule is Cc1csc(CCCCNC(=O)c2cc(-c3cccc(Cl)c3)on2)n1. The van der Waals surface area contributed by atoms with Gasteiger partial charge in [-0.25, -0.2) is 4.98 Å². The predicted molar refractivity (Wildman–Crippen MR) is 99.1 cm³/mol. The van der Waals surface area contributed by atoms with Crippen LogP contribution in [-0.4, -0.2) is 22.6 Å². The van der Waals surface area contributed by atoms with E-state index in [2.05, 4.69) is 20.8 Å². The minimum absolute atomic E-state index is 0.234. The number of hydrogen-bond acceptors (Lipinski definition) is 5. The Hall–Kier alpha value is -2.18. The van der Waals surface area contributed by atoms with Crippen molar-refractivity contribution in [3.8, 4) is 11.3 Å². The van der Waals surface area contributed by atoms with Gasteiger partial charge in [-0.05, 0) is 38.3 Å². The Bertz CT molecular complexity index is 859. The Balaban J connectivity index is 1.45. The fraction of sp³-hybridized carbons (Fsp3) is 0.278. The third-order valence-corrected chi connectivity index (χ3v) is 4.88. The molecule has 1 amide bonds. The van der Waals surface area contributed by atoms with Crippen LogP contribution >= 0.6 is 22.9 Å². The zero-order valence-corrected chi connectivity index (χ0v) is 15.4. The summed E-state index contributed by atoms with van der Waals surface area (Å²) in [6.07, 6.45) is 2.82. The molecule has 0 aliphatic carbocycles. The predicted octanol–water partition coefficient (Wildman–Crippen LogP) is 4.51. The van der Waals surface area contributed by atoms with Crippen molar-refractivity contribution in [1.29, 1.82) is 0 Å². The first kappa shape index (κ1) is 17.6. The summed E-state index contributed by atoms with van der Waals surface area (Å²) in [6.45, 7) is 2.60. The lowest BCUT2D eigenvalue weighted by molar-refractivity contribution is 0.0944. The van der Waals surface area contributed by atoms with Crippen LogP contribution in [0.25, 0.3) is 11.3 Å². The van der Waals surface area contributed by atoms with Gasteiger partial charge in [0.25, 0.3) is 5.91 Å². The number of hydrogen-bond donors (Lipinski definition) is 1. The number of rotatable bonds is 7. The first-order valence-electron chi connectivity index (χ1n) is 8.03. The summed E-state index contributed by atoms with van der Waals surface area (Å²) in [5.74, 6) is 0.286. The number of benzene rings is 1. The zero-order valence-electron chi connectivity index (χ0n) is 13.8. The van der Waals surface area contributed by atoms with Crippen molar-refractivity contribution in [3.05, 3.63) is 57.1 Å². The van der Waals surface area contributed by atoms with E-state index in [0.717, 1.165) is 35.5 Å². The highest BCUT2D eigenvalue weighted by molar-refractivity contribution is 7.09. The molecule has 0 spiro atoms. The third kappa shape index (κ3) is 4.90. The topological polar surface area (TPSA) is 68.0 Å². The quantitative estimate of drug-likeness (QED) is 0.617. The van der Waals surface area contributed by atoms with E-state index in [1.165, 1.54) is 0 Å². The van der Waals surface area contributed by atoms with Gasteiger partial charge in [-0.2, -0.15) is 0 Å². The van der Waals surface area contributed by atoms with Crippen LogP contribution in [0.4, 0.5) is 0 Å². The molecule has 5 nitrogen and oxygen atoms in total. The summed E-state index contributed by atoms with van der Waals surface area (Å²) in [6, 6.07) is 8.85. The van der Waals surface area contributed by atoms with E-state index < -0.39 is 0 Å². The number of nitrogens with one attached hydrogen (secondary N) is 1. The molecule has 0 radical (unpaired) electrons. The second kappa shape index (κ2) is 8.27. The molecule has 7 heteroatoms. The molecule has 0 saturated heterocycles. The molecule has 0 unspecified atom stereocenters. The van der Waals surface area contributed by atoms with E-state index in [1.807, 2.05) is 19.1 Å². The van der Waals surface area contributed by atoms with E-state index >= 15 is 0 Å². The lowest BCUT2D eigenvalue weighted by atomic mass is 10.1. The van der Waals surface area contributed by atoms with Crippen LogP contribution in [0, 0.1) is 6.92 Å². The van der Waals surface area contributed by atoms with Gasteiger partial charge >= 0.3 is 0 Å². The van der Waals surface area contributed by atoms with Gasteiger partial charge in [0.2, 0.25) is 0 Å². The highest BCUT2D eigenvalue weighted by Crippen LogP contribution is 2.23. The standard InChI is InChI=1S/C18H18ClN3O2S/c1-12-11-25-17(21-12)7-2-3-8-20-18(23)15-10-16(24-22-15)13-5-4-6-14(19)9-13/h4-6,9-11H,2-3,7-8H2,1H3,(H,20,23). The molecule has 1 N–H and O–H groups in total. The van der Waals surface area contributed by atoms with Crippen molar-refractivity contribution in [3.63, 3.8) is 0 Å². The third-order valence-electron chi connectivity index (χ3n) is 3.62. The highest BCUT2D eigenvalue weighted by Gasteiger charge is 2.13. The molecule has 3 rings (SSSR count). The maximum atomic E-state index is 12.1. The summed E-state index contributed by atoms with van der Waals surface area (Å²) >= 11 is 7.64. The van der Waals surface area contributed by atoms with Gasteiger partial charge in [-0.3, -0.25) is 4.79 Å². The maximum Gasteiger partial charge on any atom is 0.273 e. The van der Waals surface area contributed by atoms with Crippen molar-refractivity contribution >= 4 is 28.8 Å². The van der Waals surface area contributed by atoms with E-state index in [-0.39, 0.29) is 11.6 Å². The number of amides is 1. The Morgan fingerprint density at radius 1 is 1.32 bits per heavy atom. The molecule has 0 saturated carbocycles. The van der Waals surface area contributed by atoms with Crippen LogP contribution in [0.5, 0.6) is 0 Å². The molecule has 2 aromatic heterocycles. The van der Waals surface area contributed by atoms with Gasteiger partial charge in [-0.1, -0.05) is 28.9 Å². The number of aryl methyl sites for hydroxylation is 2. The van der Waals surface area contributed by atoms with E-state index in [4.69, 9.17) is 16.1 Å². The van der Waals surface area contributed by atoms with Crippen LogP contribution in [0.15, 0.2) is 40.2 Å². The van der Waals surface area contributed by atoms with Crippen LogP contribution < -0.4 is 5.32 Å². The van der Waals surface area contributed by atoms with Crippen LogP contribution in [0.2, 0.25) is 5.02 Å². The van der Waals surface area contributed by atoms with Crippen molar-refractivity contribution < 1.29 is 9.32 Å². The summed E-state index contributed by atoms with van der Waals surface area (Å²) < 4.78 is 5.24. The molecule has 0 atom stereocenters. The van der Waals surface area contributed by atoms with Gasteiger partial charge < -0.3 is 9.84 Å². The monoisotopic (exact) mass is 375 g/mol. The molecule has 1 aromatic carbocycles. The lowest BCUT2D eigenvalue weighted by Crippen LogP contribution is -2.24. The molecule has 0 fully saturated rings. The number of aromatic nitrogens is 2.